The number of para-hydroxylation sites is 2. The number of allylic oxidation sites excluding steroid dienone is 16. The third kappa shape index (κ3) is 16.9. The number of ketones is 8. The first-order chi connectivity index (χ1) is 70.9. The Bertz CT molecular complexity index is 6960. The third-order valence-corrected chi connectivity index (χ3v) is 42.9. The first kappa shape index (κ1) is 106. The number of carbonyl (C=O) groups excluding carboxylic acids is 8. The van der Waals surface area contributed by atoms with Crippen molar-refractivity contribution in [3.63, 3.8) is 0 Å². The number of hydrogen-bond acceptors (Lipinski definition) is 29. The lowest BCUT2D eigenvalue weighted by Crippen LogP contribution is -2.64. The molecule has 5 heterocycles. The molecule has 6 aromatic rings. The summed E-state index contributed by atoms with van der Waals surface area (Å²) in [4.78, 5) is 129. The van der Waals surface area contributed by atoms with Gasteiger partial charge in [0, 0.05) is 90.1 Å². The van der Waals surface area contributed by atoms with Gasteiger partial charge in [-0.2, -0.15) is 17.4 Å². The van der Waals surface area contributed by atoms with Crippen molar-refractivity contribution in [3.05, 3.63) is 185 Å². The zero-order valence-electron chi connectivity index (χ0n) is 86.7. The Balaban J connectivity index is 0.000000117. The van der Waals surface area contributed by atoms with Crippen LogP contribution in [0.4, 0.5) is 0 Å². The van der Waals surface area contributed by atoms with Gasteiger partial charge in [0.15, 0.2) is 60.1 Å². The molecular formula is C116H136Cl2N8O23S. The molecule has 24 rings (SSSR count). The van der Waals surface area contributed by atoms with E-state index < -0.39 is 120 Å². The molecule has 0 spiro atoms. The molecule has 0 amide bonds. The number of aliphatic hydroxyl groups is 7. The molecule has 8 N–H and O–H groups in total. The van der Waals surface area contributed by atoms with Crippen LogP contribution >= 0.6 is 23.2 Å². The van der Waals surface area contributed by atoms with Crippen molar-refractivity contribution in [2.75, 3.05) is 52.7 Å². The third-order valence-electron chi connectivity index (χ3n) is 40.9. The van der Waals surface area contributed by atoms with Gasteiger partial charge in [-0.15, -0.1) is 0 Å². The van der Waals surface area contributed by atoms with Crippen molar-refractivity contribution in [3.8, 4) is 17.6 Å². The molecule has 3 aromatic carbocycles. The van der Waals surface area contributed by atoms with E-state index in [4.69, 9.17) is 51.6 Å². The average Bonchev–Trinajstić information content (AvgIpc) is 1.51. The number of nitrogens with zero attached hydrogens (tertiary/aromatic N) is 7. The number of ether oxygens (including phenoxy) is 6. The number of aliphatic hydroxyl groups excluding tert-OH is 4. The number of carbonyl (C=O) groups is 8. The lowest BCUT2D eigenvalue weighted by Gasteiger charge is -2.60. The molecule has 14 fully saturated rings. The molecule has 16 aliphatic carbocycles. The topological polar surface area (TPSA) is 460 Å². The minimum atomic E-state index is -3.88. The Kier molecular flexibility index (Phi) is 27.0. The predicted octanol–water partition coefficient (Wildman–Crippen LogP) is 13.8. The number of nitrogens with one attached hydrogen (secondary N) is 1. The molecule has 31 nitrogen and oxygen atoms in total. The number of benzene rings is 3. The summed E-state index contributed by atoms with van der Waals surface area (Å²) in [5, 5.41) is 84.0. The summed E-state index contributed by atoms with van der Waals surface area (Å²) in [6.45, 7) is 21.5. The van der Waals surface area contributed by atoms with E-state index in [0.717, 1.165) is 85.6 Å². The maximum absolute atomic E-state index is 14.2. The molecule has 0 radical (unpaired) electrons. The zero-order chi connectivity index (χ0) is 107. The van der Waals surface area contributed by atoms with Crippen LogP contribution in [0.15, 0.2) is 175 Å². The predicted molar refractivity (Wildman–Crippen MR) is 554 cm³/mol. The summed E-state index contributed by atoms with van der Waals surface area (Å²) >= 11 is 12.2. The molecule has 18 aliphatic rings. The van der Waals surface area contributed by atoms with E-state index in [9.17, 15) is 82.5 Å². The van der Waals surface area contributed by atoms with Crippen molar-refractivity contribution < 1.29 is 111 Å². The van der Waals surface area contributed by atoms with Crippen LogP contribution in [0.25, 0.3) is 33.0 Å². The van der Waals surface area contributed by atoms with Crippen molar-refractivity contribution in [2.45, 2.75) is 250 Å². The smallest absolute Gasteiger partial charge is 0.280 e. The van der Waals surface area contributed by atoms with Gasteiger partial charge >= 0.3 is 0 Å². The second-order valence-electron chi connectivity index (χ2n) is 48.4. The van der Waals surface area contributed by atoms with Crippen LogP contribution in [0, 0.1) is 120 Å². The van der Waals surface area contributed by atoms with E-state index in [0.29, 0.717) is 108 Å². The van der Waals surface area contributed by atoms with Crippen molar-refractivity contribution in [2.24, 2.45) is 120 Å². The molecule has 0 bridgehead atoms. The van der Waals surface area contributed by atoms with Gasteiger partial charge in [-0.1, -0.05) is 144 Å². The number of hydrogen-bond donors (Lipinski definition) is 8. The fraction of sp³-hybridized carbons (Fsp3) is 0.586. The highest BCUT2D eigenvalue weighted by atomic mass is 35.5. The Morgan fingerprint density at radius 3 is 1.37 bits per heavy atom. The molecule has 3 aromatic heterocycles. The average molecular weight is 2110 g/mol. The highest BCUT2D eigenvalue weighted by Gasteiger charge is 2.79. The molecule has 34 heteroatoms. The first-order valence-electron chi connectivity index (χ1n) is 53.4. The number of morpholine rings is 1. The molecule has 12 saturated carbocycles. The van der Waals surface area contributed by atoms with E-state index in [1.165, 1.54) is 23.0 Å². The highest BCUT2D eigenvalue weighted by Crippen LogP contribution is 2.75. The van der Waals surface area contributed by atoms with Gasteiger partial charge in [0.1, 0.15) is 23.1 Å². The van der Waals surface area contributed by atoms with Gasteiger partial charge in [-0.25, -0.2) is 29.9 Å². The van der Waals surface area contributed by atoms with Gasteiger partial charge in [0.25, 0.3) is 10.2 Å². The van der Waals surface area contributed by atoms with Crippen LogP contribution in [0.2, 0.25) is 10.0 Å². The lowest BCUT2D eigenvalue weighted by atomic mass is 9.46. The number of halogens is 2. The summed E-state index contributed by atoms with van der Waals surface area (Å²) in [5.41, 5.74) is -3.32. The summed E-state index contributed by atoms with van der Waals surface area (Å²) in [6, 6.07) is 17.7. The van der Waals surface area contributed by atoms with Gasteiger partial charge in [0.05, 0.1) is 95.6 Å². The molecule has 30 atom stereocenters. The largest absolute Gasteiger partial charge is 0.469 e. The summed E-state index contributed by atoms with van der Waals surface area (Å²) in [5.74, 6) is -1.64. The van der Waals surface area contributed by atoms with Gasteiger partial charge < -0.3 is 64.2 Å². The number of Topliss-reactive ketones (excluding diaryl/α,β-unsaturated/α-hetero) is 4. The fourth-order valence-electron chi connectivity index (χ4n) is 33.8. The summed E-state index contributed by atoms with van der Waals surface area (Å²) < 4.78 is 65.3. The maximum Gasteiger partial charge on any atom is 0.280 e. The van der Waals surface area contributed by atoms with E-state index in [-0.39, 0.29) is 173 Å². The Morgan fingerprint density at radius 2 is 0.887 bits per heavy atom. The van der Waals surface area contributed by atoms with Crippen LogP contribution < -0.4 is 18.9 Å². The minimum Gasteiger partial charge on any atom is -0.469 e. The van der Waals surface area contributed by atoms with Gasteiger partial charge in [-0.3, -0.25) is 38.4 Å². The number of rotatable bonds is 17. The van der Waals surface area contributed by atoms with Crippen LogP contribution in [0.3, 0.4) is 0 Å². The molecule has 798 valence electrons. The Hall–Kier alpha value is -9.59. The minimum absolute atomic E-state index is 0.000393. The first-order valence-corrected chi connectivity index (χ1v) is 55.6. The molecule has 150 heavy (non-hydrogen) atoms. The van der Waals surface area contributed by atoms with Crippen LogP contribution in [0.5, 0.6) is 17.6 Å². The number of aromatic nitrogens is 6. The van der Waals surface area contributed by atoms with Crippen LogP contribution in [-0.2, 0) is 62.8 Å². The Morgan fingerprint density at radius 1 is 0.473 bits per heavy atom. The molecule has 2 aliphatic heterocycles. The quantitative estimate of drug-likeness (QED) is 0.0420. The maximum atomic E-state index is 14.2. The second-order valence-corrected chi connectivity index (χ2v) is 51.0. The van der Waals surface area contributed by atoms with E-state index in [1.54, 1.807) is 98.9 Å². The van der Waals surface area contributed by atoms with Crippen molar-refractivity contribution >= 4 is 113 Å². The lowest BCUT2D eigenvalue weighted by molar-refractivity contribution is -0.224. The monoisotopic (exact) mass is 2110 g/mol. The number of fused-ring (bicyclic) bond motifs is 25. The van der Waals surface area contributed by atoms with Crippen LogP contribution in [-0.4, -0.2) is 236 Å². The van der Waals surface area contributed by atoms with E-state index in [1.807, 2.05) is 83.2 Å². The van der Waals surface area contributed by atoms with Crippen molar-refractivity contribution in [1.29, 1.82) is 0 Å². The normalized spacial score (nSPS) is 40.7. The summed E-state index contributed by atoms with van der Waals surface area (Å²) in [7, 11) is -3.88. The SMILES string of the molecule is CC1(C)O[C@@H]2CC3C4CCC5=CC(=O)C=CC5(C)C4[C@@H](O)CC3(C)[C@]2(C(=O)CNS(=O)(=O)N2CCOCC2)O1.CC12C=CC(=O)C=C1CCC1C2[C@@H](O)CC2(C)C1CC[C@]2(O)C(=O)COc1cnc2ccccc2n1.CC12C=CC(=O)C=C1CCC1C2[C@@H](O)CC2(C)C1CC[C@]2(O)C(=O)COc1ncnc2ccc(Cl)cc12.C[C@@H]1CC2C3CCC4=CC(=O)C=CC4(C)C3[C@@H](O)CC2(C)[C@@]1(O)C(=O)COc1cnc2cc(Cl)ccc2n1. The molecule has 20 unspecified atom stereocenters. The van der Waals surface area contributed by atoms with E-state index in [2.05, 4.69) is 62.3 Å². The highest BCUT2D eigenvalue weighted by molar-refractivity contribution is 7.87. The second kappa shape index (κ2) is 38.2. The molecular weight excluding hydrogens is 1980 g/mol. The van der Waals surface area contributed by atoms with Crippen LogP contribution in [0.1, 0.15) is 192 Å². The standard InChI is InChI=1S/C30H33ClN2O5.C29H31ClN2O5.C29H32N2O5.C28H40N2O8S/c1-16-10-21-20-6-4-17-11-19(34)8-9-28(17,2)27(20)24(35)13-29(21,3)30(16,37)25(36)15-38-26-14-32-23-12-18(31)5-7-22(23)33-26;1-27-9-7-18(33)11-16(27)3-5-19-21-8-10-29(36,28(21,2)13-23(34)25(19)27)24(35)14-37-26-20-12-17(30)4-6-22(20)31-15-32-26;1-27-11-9-18(32)13-17(27)7-8-19-20-10-12-29(35,28(20,2)14-23(33)26(19)27)24(34)16-36-25-15-30-21-5-3-4-6-22(21)31-25;1-25(2)37-23-14-20-19-6-5-17-13-18(31)7-8-26(17,3)24(19)21(32)15-27(20,4)28(23,38-25)22(33)16-29-39(34,35)30-9-11-36-12-10-30/h5,7-9,11-12,14,16,20-21,24,27,35,37H,4,6,10,13,15H2,1-3H3;4,6-7,9,11-12,15,19,21,23,25,34,36H,3,5,8,10,13-14H2,1-2H3;3-6,9,11,13,15,19-20,23,26,33,35H,7-8,10,12,14,16H2,1-2H3;7-8,13,19-21,23-24,29,32H,5-6,9-12,14-16H2,1-4H3/t16-,20?,21?,24+,27?,28?,29?,30+;19?,21?,23-,25?,27?,28?,29-;19?,20?,23-,26?,27?,28?,29-;19?,20?,21-,23+,24?,26?,27?,28+/m1000/s1. The fourth-order valence-corrected chi connectivity index (χ4v) is 35.3. The Labute approximate surface area is 882 Å². The summed E-state index contributed by atoms with van der Waals surface area (Å²) in [6.07, 6.45) is 33.3. The zero-order valence-corrected chi connectivity index (χ0v) is 89.0. The van der Waals surface area contributed by atoms with Crippen molar-refractivity contribution in [1.82, 2.24) is 38.9 Å². The van der Waals surface area contributed by atoms with E-state index >= 15 is 0 Å². The van der Waals surface area contributed by atoms with Gasteiger partial charge in [0.2, 0.25) is 35.0 Å². The van der Waals surface area contributed by atoms with Gasteiger partial charge in [-0.05, 0) is 280 Å². The molecule has 2 saturated heterocycles.